The fraction of sp³-hybridized carbons (Fsp3) is 0.900. The molecule has 2 heterocycles. The Morgan fingerprint density at radius 3 is 3.00 bits per heavy atom. The number of likely N-dealkylation sites (N-methyl/N-ethyl adjacent to an activating group) is 1. The van der Waals surface area contributed by atoms with Crippen LogP contribution >= 0.6 is 0 Å². The maximum atomic E-state index is 11.4. The van der Waals surface area contributed by atoms with Crippen molar-refractivity contribution < 1.29 is 4.79 Å². The van der Waals surface area contributed by atoms with Gasteiger partial charge < -0.3 is 9.80 Å². The predicted octanol–water partition coefficient (Wildman–Crippen LogP) is -0.140. The van der Waals surface area contributed by atoms with Gasteiger partial charge >= 0.3 is 0 Å². The third kappa shape index (κ3) is 2.07. The molecule has 1 unspecified atom stereocenters. The van der Waals surface area contributed by atoms with Crippen molar-refractivity contribution in [3.8, 4) is 0 Å². The fourth-order valence-electron chi connectivity index (χ4n) is 2.29. The van der Waals surface area contributed by atoms with E-state index in [2.05, 4.69) is 17.3 Å². The summed E-state index contributed by atoms with van der Waals surface area (Å²) in [7, 11) is 2.16. The molecule has 0 bridgehead atoms. The fourth-order valence-corrected chi connectivity index (χ4v) is 2.29. The molecular weight excluding hydrogens is 178 g/mol. The third-order valence-corrected chi connectivity index (χ3v) is 3.28. The zero-order valence-electron chi connectivity index (χ0n) is 8.83. The van der Waals surface area contributed by atoms with E-state index < -0.39 is 0 Å². The van der Waals surface area contributed by atoms with E-state index in [1.807, 2.05) is 4.90 Å². The molecule has 2 rings (SSSR count). The van der Waals surface area contributed by atoms with Gasteiger partial charge in [0.05, 0.1) is 13.2 Å². The monoisotopic (exact) mass is 197 g/mol. The Hall–Kier alpha value is -0.610. The van der Waals surface area contributed by atoms with Crippen LogP contribution in [0.25, 0.3) is 0 Å². The summed E-state index contributed by atoms with van der Waals surface area (Å²) < 4.78 is 0. The first-order valence-corrected chi connectivity index (χ1v) is 5.46. The molecule has 2 saturated heterocycles. The van der Waals surface area contributed by atoms with E-state index in [0.717, 1.165) is 13.2 Å². The first kappa shape index (κ1) is 9.93. The standard InChI is InChI=1S/C10H19N3O/c1-12-5-3-2-4-9(12)7-13-8-11-6-10(13)14/h9,11H,2-8H2,1H3. The second-order valence-electron chi connectivity index (χ2n) is 4.33. The Labute approximate surface area is 85.2 Å². The Bertz CT molecular complexity index is 219. The summed E-state index contributed by atoms with van der Waals surface area (Å²) in [6, 6.07) is 0.576. The van der Waals surface area contributed by atoms with Crippen LogP contribution in [0.1, 0.15) is 19.3 Å². The van der Waals surface area contributed by atoms with Gasteiger partial charge in [0, 0.05) is 12.6 Å². The van der Waals surface area contributed by atoms with Crippen LogP contribution in [0, 0.1) is 0 Å². The number of likely N-dealkylation sites (tertiary alicyclic amines) is 1. The van der Waals surface area contributed by atoms with Crippen LogP contribution < -0.4 is 5.32 Å². The minimum atomic E-state index is 0.254. The van der Waals surface area contributed by atoms with Crippen LogP contribution in [-0.2, 0) is 4.79 Å². The minimum absolute atomic E-state index is 0.254. The van der Waals surface area contributed by atoms with Crippen molar-refractivity contribution >= 4 is 5.91 Å². The van der Waals surface area contributed by atoms with Gasteiger partial charge in [-0.1, -0.05) is 6.42 Å². The molecule has 0 aromatic heterocycles. The van der Waals surface area contributed by atoms with Crippen molar-refractivity contribution in [2.75, 3.05) is 33.4 Å². The summed E-state index contributed by atoms with van der Waals surface area (Å²) in [5, 5.41) is 3.08. The van der Waals surface area contributed by atoms with Crippen molar-refractivity contribution in [1.29, 1.82) is 0 Å². The lowest BCUT2D eigenvalue weighted by Crippen LogP contribution is -2.45. The highest BCUT2D eigenvalue weighted by molar-refractivity contribution is 5.80. The normalized spacial score (nSPS) is 29.9. The topological polar surface area (TPSA) is 35.6 Å². The van der Waals surface area contributed by atoms with Crippen molar-refractivity contribution in [1.82, 2.24) is 15.1 Å². The van der Waals surface area contributed by atoms with Crippen LogP contribution in [0.4, 0.5) is 0 Å². The molecule has 1 N–H and O–H groups in total. The van der Waals surface area contributed by atoms with E-state index in [1.54, 1.807) is 0 Å². The van der Waals surface area contributed by atoms with Crippen molar-refractivity contribution in [3.63, 3.8) is 0 Å². The van der Waals surface area contributed by atoms with E-state index in [4.69, 9.17) is 0 Å². The van der Waals surface area contributed by atoms with Crippen molar-refractivity contribution in [3.05, 3.63) is 0 Å². The molecule has 14 heavy (non-hydrogen) atoms. The van der Waals surface area contributed by atoms with Crippen LogP contribution in [-0.4, -0.2) is 55.1 Å². The van der Waals surface area contributed by atoms with Gasteiger partial charge in [0.25, 0.3) is 0 Å². The van der Waals surface area contributed by atoms with Gasteiger partial charge in [0.2, 0.25) is 5.91 Å². The average Bonchev–Trinajstić information content (AvgIpc) is 2.56. The van der Waals surface area contributed by atoms with Gasteiger partial charge in [-0.05, 0) is 26.4 Å². The van der Waals surface area contributed by atoms with Gasteiger partial charge in [-0.2, -0.15) is 0 Å². The first-order chi connectivity index (χ1) is 6.77. The van der Waals surface area contributed by atoms with Crippen molar-refractivity contribution in [2.45, 2.75) is 25.3 Å². The number of hydrogen-bond acceptors (Lipinski definition) is 3. The zero-order valence-corrected chi connectivity index (χ0v) is 8.83. The number of carbonyl (C=O) groups is 1. The van der Waals surface area contributed by atoms with E-state index in [-0.39, 0.29) is 5.91 Å². The molecule has 0 radical (unpaired) electrons. The largest absolute Gasteiger partial charge is 0.327 e. The average molecular weight is 197 g/mol. The van der Waals surface area contributed by atoms with Crippen LogP contribution in [0.3, 0.4) is 0 Å². The number of carbonyl (C=O) groups excluding carboxylic acids is 1. The Morgan fingerprint density at radius 2 is 2.36 bits per heavy atom. The van der Waals surface area contributed by atoms with Gasteiger partial charge in [0.1, 0.15) is 0 Å². The van der Waals surface area contributed by atoms with Gasteiger partial charge in [-0.3, -0.25) is 10.1 Å². The van der Waals surface area contributed by atoms with Gasteiger partial charge in [0.15, 0.2) is 0 Å². The third-order valence-electron chi connectivity index (χ3n) is 3.28. The van der Waals surface area contributed by atoms with Crippen LogP contribution in [0.15, 0.2) is 0 Å². The lowest BCUT2D eigenvalue weighted by molar-refractivity contribution is -0.127. The Kier molecular flexibility index (Phi) is 3.03. The van der Waals surface area contributed by atoms with E-state index in [9.17, 15) is 4.79 Å². The highest BCUT2D eigenvalue weighted by Gasteiger charge is 2.26. The summed E-state index contributed by atoms with van der Waals surface area (Å²) >= 11 is 0. The minimum Gasteiger partial charge on any atom is -0.327 e. The number of hydrogen-bond donors (Lipinski definition) is 1. The second-order valence-corrected chi connectivity index (χ2v) is 4.33. The molecule has 2 fully saturated rings. The number of rotatable bonds is 2. The van der Waals surface area contributed by atoms with E-state index in [1.165, 1.54) is 25.8 Å². The van der Waals surface area contributed by atoms with Gasteiger partial charge in [-0.25, -0.2) is 0 Å². The van der Waals surface area contributed by atoms with Gasteiger partial charge in [-0.15, -0.1) is 0 Å². The Morgan fingerprint density at radius 1 is 1.50 bits per heavy atom. The lowest BCUT2D eigenvalue weighted by Gasteiger charge is -2.34. The molecule has 0 aliphatic carbocycles. The quantitative estimate of drug-likeness (QED) is 0.669. The maximum Gasteiger partial charge on any atom is 0.237 e. The summed E-state index contributed by atoms with van der Waals surface area (Å²) in [6.07, 6.45) is 3.85. The summed E-state index contributed by atoms with van der Waals surface area (Å²) in [4.78, 5) is 15.7. The molecule has 4 heteroatoms. The second kappa shape index (κ2) is 4.28. The van der Waals surface area contributed by atoms with Crippen LogP contribution in [0.2, 0.25) is 0 Å². The van der Waals surface area contributed by atoms with Crippen LogP contribution in [0.5, 0.6) is 0 Å². The Balaban J connectivity index is 1.86. The SMILES string of the molecule is CN1CCCCC1CN1CNCC1=O. The number of piperidine rings is 1. The molecule has 80 valence electrons. The molecular formula is C10H19N3O. The number of nitrogens with zero attached hydrogens (tertiary/aromatic N) is 2. The maximum absolute atomic E-state index is 11.4. The summed E-state index contributed by atoms with van der Waals surface area (Å²) in [5.74, 6) is 0.254. The summed E-state index contributed by atoms with van der Waals surface area (Å²) in [5.41, 5.74) is 0. The highest BCUT2D eigenvalue weighted by atomic mass is 16.2. The predicted molar refractivity (Wildman–Crippen MR) is 54.9 cm³/mol. The molecule has 1 amide bonds. The molecule has 0 saturated carbocycles. The van der Waals surface area contributed by atoms with Crippen molar-refractivity contribution in [2.24, 2.45) is 0 Å². The summed E-state index contributed by atoms with van der Waals surface area (Å²) in [6.45, 7) is 3.35. The molecule has 4 nitrogen and oxygen atoms in total. The van der Waals surface area contributed by atoms with E-state index in [0.29, 0.717) is 12.6 Å². The molecule has 0 aromatic carbocycles. The lowest BCUT2D eigenvalue weighted by atomic mass is 10.0. The zero-order chi connectivity index (χ0) is 9.97. The first-order valence-electron chi connectivity index (χ1n) is 5.46. The number of nitrogens with one attached hydrogen (secondary N) is 1. The highest BCUT2D eigenvalue weighted by Crippen LogP contribution is 2.16. The molecule has 2 aliphatic heterocycles. The van der Waals surface area contributed by atoms with E-state index >= 15 is 0 Å². The molecule has 0 spiro atoms. The number of amides is 1. The smallest absolute Gasteiger partial charge is 0.237 e. The molecule has 0 aromatic rings. The molecule has 1 atom stereocenters. The molecule has 2 aliphatic rings.